The molecule has 0 bridgehead atoms. The van der Waals surface area contributed by atoms with Crippen molar-refractivity contribution in [1.29, 1.82) is 0 Å². The molecule has 0 radical (unpaired) electrons. The van der Waals surface area contributed by atoms with Crippen LogP contribution < -0.4 is 16.2 Å². The summed E-state index contributed by atoms with van der Waals surface area (Å²) in [5, 5.41) is 0.519. The van der Waals surface area contributed by atoms with E-state index >= 15 is 0 Å². The summed E-state index contributed by atoms with van der Waals surface area (Å²) >= 11 is 6.16. The standard InChI is InChI=1S/C12H12ClN5/c13-9-7-15-12(17-14)16-11(9)18-6-5-8-3-1-2-4-10(8)18/h1-4,7H,5-6,14H2,(H,15,16,17). The molecule has 18 heavy (non-hydrogen) atoms. The van der Waals surface area contributed by atoms with Gasteiger partial charge in [-0.15, -0.1) is 0 Å². The molecule has 0 spiro atoms. The lowest BCUT2D eigenvalue weighted by molar-refractivity contribution is 0.963. The van der Waals surface area contributed by atoms with Gasteiger partial charge in [-0.3, -0.25) is 5.43 Å². The van der Waals surface area contributed by atoms with Crippen LogP contribution in [0.1, 0.15) is 5.56 Å². The number of hydrazine groups is 1. The second-order valence-electron chi connectivity index (χ2n) is 4.04. The number of halogens is 1. The first-order chi connectivity index (χ1) is 8.79. The Balaban J connectivity index is 2.07. The Hall–Kier alpha value is -1.85. The maximum Gasteiger partial charge on any atom is 0.239 e. The van der Waals surface area contributed by atoms with E-state index in [2.05, 4.69) is 32.4 Å². The van der Waals surface area contributed by atoms with E-state index in [9.17, 15) is 0 Å². The topological polar surface area (TPSA) is 67.1 Å². The molecule has 3 N–H and O–H groups in total. The predicted octanol–water partition coefficient (Wildman–Crippen LogP) is 2.11. The second kappa shape index (κ2) is 4.44. The van der Waals surface area contributed by atoms with Gasteiger partial charge >= 0.3 is 0 Å². The third kappa shape index (κ3) is 1.77. The normalized spacial score (nSPS) is 13.6. The zero-order valence-corrected chi connectivity index (χ0v) is 10.4. The molecule has 0 aliphatic carbocycles. The van der Waals surface area contributed by atoms with Gasteiger partial charge in [0.15, 0.2) is 5.82 Å². The number of hydrogen-bond acceptors (Lipinski definition) is 5. The van der Waals surface area contributed by atoms with Gasteiger partial charge in [-0.05, 0) is 18.1 Å². The molecular weight excluding hydrogens is 250 g/mol. The molecule has 5 nitrogen and oxygen atoms in total. The van der Waals surface area contributed by atoms with Gasteiger partial charge in [0.1, 0.15) is 5.02 Å². The highest BCUT2D eigenvalue weighted by atomic mass is 35.5. The highest BCUT2D eigenvalue weighted by Gasteiger charge is 2.23. The van der Waals surface area contributed by atoms with Gasteiger partial charge in [-0.1, -0.05) is 29.8 Å². The van der Waals surface area contributed by atoms with Crippen LogP contribution in [0, 0.1) is 0 Å². The smallest absolute Gasteiger partial charge is 0.239 e. The number of aromatic nitrogens is 2. The van der Waals surface area contributed by atoms with Crippen molar-refractivity contribution >= 4 is 29.1 Å². The molecule has 0 amide bonds. The van der Waals surface area contributed by atoms with Gasteiger partial charge in [0, 0.05) is 12.2 Å². The number of hydrogen-bond donors (Lipinski definition) is 2. The summed E-state index contributed by atoms with van der Waals surface area (Å²) < 4.78 is 0. The maximum absolute atomic E-state index is 6.16. The lowest BCUT2D eigenvalue weighted by Gasteiger charge is -2.19. The van der Waals surface area contributed by atoms with Crippen LogP contribution in [0.5, 0.6) is 0 Å². The van der Waals surface area contributed by atoms with Crippen LogP contribution in [0.2, 0.25) is 5.02 Å². The first kappa shape index (κ1) is 11.3. The molecule has 92 valence electrons. The quantitative estimate of drug-likeness (QED) is 0.640. The van der Waals surface area contributed by atoms with Gasteiger partial charge in [-0.25, -0.2) is 10.8 Å². The third-order valence-corrected chi connectivity index (χ3v) is 3.26. The van der Waals surface area contributed by atoms with Crippen molar-refractivity contribution in [3.8, 4) is 0 Å². The van der Waals surface area contributed by atoms with Crippen molar-refractivity contribution in [2.45, 2.75) is 6.42 Å². The van der Waals surface area contributed by atoms with Crippen LogP contribution in [0.15, 0.2) is 30.5 Å². The Morgan fingerprint density at radius 1 is 1.33 bits per heavy atom. The first-order valence-electron chi connectivity index (χ1n) is 5.64. The van der Waals surface area contributed by atoms with Crippen molar-refractivity contribution in [1.82, 2.24) is 9.97 Å². The highest BCUT2D eigenvalue weighted by Crippen LogP contribution is 2.36. The summed E-state index contributed by atoms with van der Waals surface area (Å²) in [6, 6.07) is 8.23. The van der Waals surface area contributed by atoms with Crippen LogP contribution in [0.4, 0.5) is 17.5 Å². The van der Waals surface area contributed by atoms with E-state index in [0.717, 1.165) is 18.7 Å². The molecule has 3 rings (SSSR count). The van der Waals surface area contributed by atoms with Crippen molar-refractivity contribution in [3.05, 3.63) is 41.0 Å². The Morgan fingerprint density at radius 3 is 3.00 bits per heavy atom. The maximum atomic E-state index is 6.16. The molecule has 0 atom stereocenters. The fraction of sp³-hybridized carbons (Fsp3) is 0.167. The largest absolute Gasteiger partial charge is 0.324 e. The van der Waals surface area contributed by atoms with Crippen LogP contribution in [0.3, 0.4) is 0 Å². The molecule has 0 unspecified atom stereocenters. The van der Waals surface area contributed by atoms with Gasteiger partial charge in [-0.2, -0.15) is 4.98 Å². The lowest BCUT2D eigenvalue weighted by atomic mass is 10.2. The summed E-state index contributed by atoms with van der Waals surface area (Å²) in [7, 11) is 0. The Labute approximate surface area is 110 Å². The molecule has 1 aromatic heterocycles. The SMILES string of the molecule is NNc1ncc(Cl)c(N2CCc3ccccc32)n1. The number of anilines is 3. The van der Waals surface area contributed by atoms with E-state index in [1.165, 1.54) is 5.56 Å². The molecule has 0 fully saturated rings. The third-order valence-electron chi connectivity index (χ3n) is 3.00. The van der Waals surface area contributed by atoms with E-state index < -0.39 is 0 Å². The number of nitrogens with two attached hydrogens (primary N) is 1. The van der Waals surface area contributed by atoms with Gasteiger partial charge in [0.05, 0.1) is 6.20 Å². The van der Waals surface area contributed by atoms with Crippen molar-refractivity contribution in [2.75, 3.05) is 16.9 Å². The molecule has 0 saturated carbocycles. The molecule has 0 saturated heterocycles. The summed E-state index contributed by atoms with van der Waals surface area (Å²) in [6.07, 6.45) is 2.54. The average Bonchev–Trinajstić information content (AvgIpc) is 2.83. The number of nitrogens with zero attached hydrogens (tertiary/aromatic N) is 3. The Kier molecular flexibility index (Phi) is 2.77. The minimum atomic E-state index is 0.360. The highest BCUT2D eigenvalue weighted by molar-refractivity contribution is 6.33. The number of nitrogen functional groups attached to an aromatic ring is 1. The van der Waals surface area contributed by atoms with Crippen LogP contribution in [-0.2, 0) is 6.42 Å². The molecule has 1 aliphatic rings. The lowest BCUT2D eigenvalue weighted by Crippen LogP contribution is -2.18. The van der Waals surface area contributed by atoms with Crippen LogP contribution in [0.25, 0.3) is 0 Å². The zero-order valence-electron chi connectivity index (χ0n) is 9.60. The molecule has 2 heterocycles. The summed E-state index contributed by atoms with van der Waals surface area (Å²) in [5.41, 5.74) is 4.87. The van der Waals surface area contributed by atoms with E-state index in [4.69, 9.17) is 17.4 Å². The van der Waals surface area contributed by atoms with Gasteiger partial charge in [0.2, 0.25) is 5.95 Å². The molecule has 1 aliphatic heterocycles. The number of nitrogens with one attached hydrogen (secondary N) is 1. The Morgan fingerprint density at radius 2 is 2.17 bits per heavy atom. The Bertz CT molecular complexity index is 586. The minimum Gasteiger partial charge on any atom is -0.324 e. The van der Waals surface area contributed by atoms with Gasteiger partial charge < -0.3 is 4.90 Å². The van der Waals surface area contributed by atoms with Crippen LogP contribution in [-0.4, -0.2) is 16.5 Å². The van der Waals surface area contributed by atoms with Crippen molar-refractivity contribution < 1.29 is 0 Å². The second-order valence-corrected chi connectivity index (χ2v) is 4.45. The molecule has 6 heteroatoms. The first-order valence-corrected chi connectivity index (χ1v) is 6.02. The fourth-order valence-corrected chi connectivity index (χ4v) is 2.37. The van der Waals surface area contributed by atoms with E-state index in [0.29, 0.717) is 16.8 Å². The summed E-state index contributed by atoms with van der Waals surface area (Å²) in [4.78, 5) is 10.4. The van der Waals surface area contributed by atoms with E-state index in [1.54, 1.807) is 6.20 Å². The number of fused-ring (bicyclic) bond motifs is 1. The minimum absolute atomic E-state index is 0.360. The fourth-order valence-electron chi connectivity index (χ4n) is 2.18. The monoisotopic (exact) mass is 261 g/mol. The zero-order chi connectivity index (χ0) is 12.5. The molecular formula is C12H12ClN5. The van der Waals surface area contributed by atoms with E-state index in [-0.39, 0.29) is 0 Å². The van der Waals surface area contributed by atoms with Crippen molar-refractivity contribution in [3.63, 3.8) is 0 Å². The van der Waals surface area contributed by atoms with Crippen molar-refractivity contribution in [2.24, 2.45) is 5.84 Å². The number of benzene rings is 1. The van der Waals surface area contributed by atoms with Crippen LogP contribution >= 0.6 is 11.6 Å². The summed E-state index contributed by atoms with van der Waals surface area (Å²) in [6.45, 7) is 0.861. The number of para-hydroxylation sites is 1. The number of rotatable bonds is 2. The molecule has 1 aromatic carbocycles. The summed E-state index contributed by atoms with van der Waals surface area (Å²) in [5.74, 6) is 6.37. The van der Waals surface area contributed by atoms with Gasteiger partial charge in [0.25, 0.3) is 0 Å². The van der Waals surface area contributed by atoms with E-state index in [1.807, 2.05) is 12.1 Å². The average molecular weight is 262 g/mol. The molecule has 2 aromatic rings. The predicted molar refractivity (Wildman–Crippen MR) is 72.0 cm³/mol.